The average molecular weight is 262 g/mol. The number of carbonyl (C=O) groups excluding carboxylic acids is 1. The van der Waals surface area contributed by atoms with Crippen LogP contribution in [0.2, 0.25) is 0 Å². The summed E-state index contributed by atoms with van der Waals surface area (Å²) in [5, 5.41) is 4.14. The molecule has 2 rings (SSSR count). The molecule has 2 aromatic heterocycles. The number of rotatable bonds is 4. The molecule has 0 fully saturated rings. The van der Waals surface area contributed by atoms with Crippen LogP contribution in [0.25, 0.3) is 0 Å². The maximum atomic E-state index is 11.6. The van der Waals surface area contributed by atoms with E-state index in [9.17, 15) is 4.79 Å². The van der Waals surface area contributed by atoms with Gasteiger partial charge >= 0.3 is 5.97 Å². The summed E-state index contributed by atoms with van der Waals surface area (Å²) >= 11 is 0. The maximum Gasteiger partial charge on any atom is 0.343 e. The molecule has 7 heteroatoms. The fourth-order valence-corrected chi connectivity index (χ4v) is 1.48. The number of esters is 1. The van der Waals surface area contributed by atoms with Gasteiger partial charge in [-0.1, -0.05) is 0 Å². The molecule has 0 saturated carbocycles. The van der Waals surface area contributed by atoms with Crippen LogP contribution in [0.1, 0.15) is 17.3 Å². The average Bonchev–Trinajstić information content (AvgIpc) is 2.87. The molecule has 2 N–H and O–H groups in total. The van der Waals surface area contributed by atoms with Gasteiger partial charge in [-0.2, -0.15) is 0 Å². The van der Waals surface area contributed by atoms with E-state index in [1.165, 1.54) is 19.4 Å². The number of nitrogens with two attached hydrogens (primary N) is 1. The third-order valence-corrected chi connectivity index (χ3v) is 2.42. The zero-order valence-corrected chi connectivity index (χ0v) is 10.7. The van der Waals surface area contributed by atoms with Gasteiger partial charge in [0.05, 0.1) is 19.0 Å². The van der Waals surface area contributed by atoms with Crippen LogP contribution >= 0.6 is 0 Å². The Hall–Kier alpha value is -2.57. The highest BCUT2D eigenvalue weighted by Crippen LogP contribution is 2.23. The lowest BCUT2D eigenvalue weighted by Gasteiger charge is -2.07. The van der Waals surface area contributed by atoms with Gasteiger partial charge in [-0.3, -0.25) is 4.68 Å². The van der Waals surface area contributed by atoms with Crippen molar-refractivity contribution in [3.63, 3.8) is 0 Å². The summed E-state index contributed by atoms with van der Waals surface area (Å²) in [6, 6.07) is 3.13. The second-order valence-electron chi connectivity index (χ2n) is 3.72. The Kier molecular flexibility index (Phi) is 3.65. The van der Waals surface area contributed by atoms with E-state index in [0.717, 1.165) is 6.54 Å². The molecular formula is C12H14N4O3. The number of carbonyl (C=O) groups is 1. The lowest BCUT2D eigenvalue weighted by atomic mass is 10.2. The minimum Gasteiger partial charge on any atom is -0.465 e. The normalized spacial score (nSPS) is 10.2. The molecule has 0 spiro atoms. The van der Waals surface area contributed by atoms with E-state index in [1.54, 1.807) is 16.9 Å². The molecule has 0 aliphatic carbocycles. The minimum absolute atomic E-state index is 0.113. The van der Waals surface area contributed by atoms with Gasteiger partial charge in [-0.15, -0.1) is 5.10 Å². The first kappa shape index (κ1) is 12.9. The van der Waals surface area contributed by atoms with Crippen LogP contribution in [-0.2, 0) is 11.3 Å². The molecular weight excluding hydrogens is 248 g/mol. The molecule has 0 aliphatic rings. The van der Waals surface area contributed by atoms with Crippen molar-refractivity contribution in [2.45, 2.75) is 13.5 Å². The monoisotopic (exact) mass is 262 g/mol. The van der Waals surface area contributed by atoms with Gasteiger partial charge in [0.2, 0.25) is 11.8 Å². The third kappa shape index (κ3) is 2.82. The number of nitrogens with zero attached hydrogens (tertiary/aromatic N) is 3. The number of methoxy groups -OCH3 is 1. The van der Waals surface area contributed by atoms with Crippen LogP contribution in [0.4, 0.5) is 5.69 Å². The molecule has 0 atom stereocenters. The molecule has 7 nitrogen and oxygen atoms in total. The first-order valence-electron chi connectivity index (χ1n) is 5.69. The van der Waals surface area contributed by atoms with Gasteiger partial charge < -0.3 is 15.2 Å². The van der Waals surface area contributed by atoms with Crippen LogP contribution < -0.4 is 10.5 Å². The molecule has 2 heterocycles. The molecule has 0 aromatic carbocycles. The quantitative estimate of drug-likeness (QED) is 0.838. The summed E-state index contributed by atoms with van der Waals surface area (Å²) in [6.45, 7) is 2.68. The molecule has 19 heavy (non-hydrogen) atoms. The Balaban J connectivity index is 2.31. The van der Waals surface area contributed by atoms with E-state index in [0.29, 0.717) is 11.6 Å². The topological polar surface area (TPSA) is 92.3 Å². The van der Waals surface area contributed by atoms with Crippen molar-refractivity contribution in [3.05, 3.63) is 30.1 Å². The second-order valence-corrected chi connectivity index (χ2v) is 3.72. The Morgan fingerprint density at radius 2 is 2.32 bits per heavy atom. The van der Waals surface area contributed by atoms with Crippen molar-refractivity contribution in [1.29, 1.82) is 0 Å². The van der Waals surface area contributed by atoms with E-state index < -0.39 is 5.97 Å². The van der Waals surface area contributed by atoms with E-state index in [-0.39, 0.29) is 11.4 Å². The van der Waals surface area contributed by atoms with Crippen LogP contribution in [0.5, 0.6) is 11.8 Å². The zero-order chi connectivity index (χ0) is 13.8. The lowest BCUT2D eigenvalue weighted by molar-refractivity contribution is 0.0597. The molecule has 0 saturated heterocycles. The molecule has 2 aromatic rings. The van der Waals surface area contributed by atoms with Crippen LogP contribution in [0.3, 0.4) is 0 Å². The number of pyridine rings is 1. The van der Waals surface area contributed by atoms with Crippen molar-refractivity contribution in [2.75, 3.05) is 12.8 Å². The smallest absolute Gasteiger partial charge is 0.343 e. The fourth-order valence-electron chi connectivity index (χ4n) is 1.48. The minimum atomic E-state index is -0.565. The number of anilines is 1. The maximum absolute atomic E-state index is 11.6. The Morgan fingerprint density at radius 1 is 1.53 bits per heavy atom. The van der Waals surface area contributed by atoms with E-state index >= 15 is 0 Å². The predicted molar refractivity (Wildman–Crippen MR) is 68.0 cm³/mol. The molecule has 0 radical (unpaired) electrons. The van der Waals surface area contributed by atoms with Crippen LogP contribution in [0, 0.1) is 0 Å². The van der Waals surface area contributed by atoms with Crippen molar-refractivity contribution in [3.8, 4) is 11.8 Å². The van der Waals surface area contributed by atoms with Crippen LogP contribution in [0.15, 0.2) is 24.5 Å². The van der Waals surface area contributed by atoms with Crippen molar-refractivity contribution >= 4 is 11.7 Å². The Bertz CT molecular complexity index is 594. The van der Waals surface area contributed by atoms with Crippen molar-refractivity contribution in [1.82, 2.24) is 14.8 Å². The number of aromatic nitrogens is 3. The number of ether oxygens (including phenoxy) is 2. The van der Waals surface area contributed by atoms with Crippen molar-refractivity contribution in [2.24, 2.45) is 0 Å². The van der Waals surface area contributed by atoms with Gasteiger partial charge in [-0.25, -0.2) is 9.78 Å². The molecule has 0 aliphatic heterocycles. The van der Waals surface area contributed by atoms with Crippen LogP contribution in [-0.4, -0.2) is 27.8 Å². The Labute approximate surface area is 110 Å². The summed E-state index contributed by atoms with van der Waals surface area (Å²) in [4.78, 5) is 15.6. The summed E-state index contributed by atoms with van der Waals surface area (Å²) in [5.74, 6) is -0.101. The van der Waals surface area contributed by atoms with Gasteiger partial charge in [0.25, 0.3) is 0 Å². The summed E-state index contributed by atoms with van der Waals surface area (Å²) < 4.78 is 11.8. The molecule has 100 valence electrons. The highest BCUT2D eigenvalue weighted by molar-refractivity contribution is 5.92. The Morgan fingerprint density at radius 3 is 2.95 bits per heavy atom. The highest BCUT2D eigenvalue weighted by Gasteiger charge is 2.16. The summed E-state index contributed by atoms with van der Waals surface area (Å²) in [6.07, 6.45) is 3.17. The van der Waals surface area contributed by atoms with Gasteiger partial charge in [-0.05, 0) is 13.0 Å². The third-order valence-electron chi connectivity index (χ3n) is 2.42. The van der Waals surface area contributed by atoms with Gasteiger partial charge in [0.1, 0.15) is 5.56 Å². The van der Waals surface area contributed by atoms with Gasteiger partial charge in [0.15, 0.2) is 0 Å². The van der Waals surface area contributed by atoms with E-state index in [2.05, 4.69) is 14.8 Å². The largest absolute Gasteiger partial charge is 0.465 e. The number of nitrogen functional groups attached to an aromatic ring is 1. The molecule has 0 amide bonds. The SMILES string of the molecule is CCn1ccc(Oc2ncc(N)cc2C(=O)OC)n1. The van der Waals surface area contributed by atoms with E-state index in [4.69, 9.17) is 10.5 Å². The van der Waals surface area contributed by atoms with E-state index in [1.807, 2.05) is 6.92 Å². The highest BCUT2D eigenvalue weighted by atomic mass is 16.5. The number of hydrogen-bond acceptors (Lipinski definition) is 6. The number of aryl methyl sites for hydroxylation is 1. The zero-order valence-electron chi connectivity index (χ0n) is 10.7. The van der Waals surface area contributed by atoms with Gasteiger partial charge in [0, 0.05) is 18.8 Å². The standard InChI is InChI=1S/C12H14N4O3/c1-3-16-5-4-10(15-16)19-11-9(12(17)18-2)6-8(13)7-14-11/h4-7H,3,13H2,1-2H3. The summed E-state index contributed by atoms with van der Waals surface area (Å²) in [5.41, 5.74) is 6.11. The fraction of sp³-hybridized carbons (Fsp3) is 0.250. The first-order valence-corrected chi connectivity index (χ1v) is 5.69. The lowest BCUT2D eigenvalue weighted by Crippen LogP contribution is -2.06. The molecule has 0 bridgehead atoms. The second kappa shape index (κ2) is 5.38. The predicted octanol–water partition coefficient (Wildman–Crippen LogP) is 1.46. The summed E-state index contributed by atoms with van der Waals surface area (Å²) in [7, 11) is 1.28. The van der Waals surface area contributed by atoms with Crippen molar-refractivity contribution < 1.29 is 14.3 Å². The first-order chi connectivity index (χ1) is 9.13. The number of hydrogen-bond donors (Lipinski definition) is 1. The molecule has 0 unspecified atom stereocenters.